The molecular formula is C21H24N2O6S2. The smallest absolute Gasteiger partial charge is 0.410 e. The Kier molecular flexibility index (Phi) is 6.31. The van der Waals surface area contributed by atoms with E-state index in [-0.39, 0.29) is 41.0 Å². The molecular weight excluding hydrogens is 440 g/mol. The summed E-state index contributed by atoms with van der Waals surface area (Å²) in [5, 5.41) is 1.57. The number of benzene rings is 1. The molecule has 2 fully saturated rings. The zero-order valence-corrected chi connectivity index (χ0v) is 18.7. The third-order valence-corrected chi connectivity index (χ3v) is 8.72. The number of hydrogen-bond donors (Lipinski definition) is 0. The Labute approximate surface area is 185 Å². The van der Waals surface area contributed by atoms with Crippen molar-refractivity contribution in [1.82, 2.24) is 9.21 Å². The minimum absolute atomic E-state index is 0.0228. The molecule has 3 heterocycles. The largest absolute Gasteiger partial charge is 0.465 e. The van der Waals surface area contributed by atoms with E-state index in [0.29, 0.717) is 25.9 Å². The quantitative estimate of drug-likeness (QED) is 0.611. The van der Waals surface area contributed by atoms with Gasteiger partial charge in [0.05, 0.1) is 13.2 Å². The van der Waals surface area contributed by atoms with Crippen LogP contribution in [0.4, 0.5) is 4.79 Å². The number of carbonyl (C=O) groups excluding carboxylic acids is 2. The molecule has 8 nitrogen and oxygen atoms in total. The summed E-state index contributed by atoms with van der Waals surface area (Å²) in [7, 11) is -2.59. The molecule has 2 aliphatic rings. The fourth-order valence-corrected chi connectivity index (χ4v) is 6.98. The van der Waals surface area contributed by atoms with E-state index in [9.17, 15) is 18.0 Å². The first-order chi connectivity index (χ1) is 14.9. The van der Waals surface area contributed by atoms with Crippen LogP contribution in [0.15, 0.2) is 46.7 Å². The third-order valence-electron chi connectivity index (χ3n) is 5.75. The molecule has 2 saturated heterocycles. The molecule has 0 aliphatic carbocycles. The van der Waals surface area contributed by atoms with E-state index in [4.69, 9.17) is 9.47 Å². The van der Waals surface area contributed by atoms with Crippen LogP contribution in [0, 0.1) is 0 Å². The van der Waals surface area contributed by atoms with E-state index in [2.05, 4.69) is 0 Å². The molecule has 1 unspecified atom stereocenters. The number of thiophene rings is 1. The molecule has 2 aliphatic heterocycles. The topological polar surface area (TPSA) is 93.2 Å². The number of cyclic esters (lactones) is 1. The second kappa shape index (κ2) is 8.97. The number of piperidine rings is 1. The molecule has 1 aromatic heterocycles. The van der Waals surface area contributed by atoms with Crippen molar-refractivity contribution in [1.29, 1.82) is 0 Å². The van der Waals surface area contributed by atoms with Gasteiger partial charge in [-0.25, -0.2) is 18.0 Å². The van der Waals surface area contributed by atoms with Crippen LogP contribution in [0.2, 0.25) is 0 Å². The third kappa shape index (κ3) is 4.32. The maximum atomic E-state index is 13.1. The Balaban J connectivity index is 1.45. The number of esters is 1. The van der Waals surface area contributed by atoms with Gasteiger partial charge in [0.1, 0.15) is 16.4 Å². The van der Waals surface area contributed by atoms with E-state index < -0.39 is 16.0 Å². The zero-order valence-electron chi connectivity index (χ0n) is 17.1. The van der Waals surface area contributed by atoms with Gasteiger partial charge in [-0.05, 0) is 36.3 Å². The summed E-state index contributed by atoms with van der Waals surface area (Å²) in [4.78, 5) is 26.2. The fourth-order valence-electron chi connectivity index (χ4n) is 4.20. The van der Waals surface area contributed by atoms with Crippen LogP contribution in [0.25, 0.3) is 0 Å². The summed E-state index contributed by atoms with van der Waals surface area (Å²) in [6.45, 7) is 0.875. The lowest BCUT2D eigenvalue weighted by atomic mass is 10.00. The number of methoxy groups -OCH3 is 1. The SMILES string of the molecule is COC(=O)c1sccc1S(=O)(=O)N1CCC(N2C(=O)OCC2Cc2ccccc2)CC1. The first kappa shape index (κ1) is 21.8. The van der Waals surface area contributed by atoms with Gasteiger partial charge in [0, 0.05) is 19.1 Å². The van der Waals surface area contributed by atoms with Crippen molar-refractivity contribution in [3.8, 4) is 0 Å². The number of ether oxygens (including phenoxy) is 2. The summed E-state index contributed by atoms with van der Waals surface area (Å²) in [5.41, 5.74) is 1.13. The van der Waals surface area contributed by atoms with Gasteiger partial charge in [-0.2, -0.15) is 4.31 Å². The highest BCUT2D eigenvalue weighted by molar-refractivity contribution is 7.89. The van der Waals surface area contributed by atoms with Gasteiger partial charge < -0.3 is 9.47 Å². The van der Waals surface area contributed by atoms with Crippen LogP contribution >= 0.6 is 11.3 Å². The maximum Gasteiger partial charge on any atom is 0.410 e. The van der Waals surface area contributed by atoms with Crippen molar-refractivity contribution in [3.05, 3.63) is 52.2 Å². The Bertz CT molecular complexity index is 1040. The second-order valence-electron chi connectivity index (χ2n) is 7.57. The van der Waals surface area contributed by atoms with E-state index in [1.807, 2.05) is 30.3 Å². The van der Waals surface area contributed by atoms with Crippen LogP contribution in [0.5, 0.6) is 0 Å². The molecule has 0 radical (unpaired) electrons. The van der Waals surface area contributed by atoms with Gasteiger partial charge in [-0.1, -0.05) is 30.3 Å². The predicted molar refractivity (Wildman–Crippen MR) is 115 cm³/mol. The van der Waals surface area contributed by atoms with Gasteiger partial charge in [-0.3, -0.25) is 4.90 Å². The molecule has 10 heteroatoms. The van der Waals surface area contributed by atoms with Gasteiger partial charge in [0.15, 0.2) is 0 Å². The molecule has 31 heavy (non-hydrogen) atoms. The molecule has 0 N–H and O–H groups in total. The minimum Gasteiger partial charge on any atom is -0.465 e. The average Bonchev–Trinajstić information content (AvgIpc) is 3.42. The van der Waals surface area contributed by atoms with Gasteiger partial charge in [-0.15, -0.1) is 11.3 Å². The molecule has 1 amide bonds. The molecule has 4 rings (SSSR count). The lowest BCUT2D eigenvalue weighted by Gasteiger charge is -2.37. The lowest BCUT2D eigenvalue weighted by molar-refractivity contribution is 0.0601. The number of carbonyl (C=O) groups is 2. The average molecular weight is 465 g/mol. The number of nitrogens with zero attached hydrogens (tertiary/aromatic N) is 2. The van der Waals surface area contributed by atoms with Crippen LogP contribution in [-0.2, 0) is 25.9 Å². The van der Waals surface area contributed by atoms with Crippen molar-refractivity contribution < 1.29 is 27.5 Å². The van der Waals surface area contributed by atoms with E-state index in [1.54, 1.807) is 10.3 Å². The van der Waals surface area contributed by atoms with Gasteiger partial charge in [0.25, 0.3) is 0 Å². The summed E-state index contributed by atoms with van der Waals surface area (Å²) in [6, 6.07) is 11.2. The summed E-state index contributed by atoms with van der Waals surface area (Å²) in [5.74, 6) is -0.660. The van der Waals surface area contributed by atoms with Crippen molar-refractivity contribution in [3.63, 3.8) is 0 Å². The summed E-state index contributed by atoms with van der Waals surface area (Å²) >= 11 is 1.05. The van der Waals surface area contributed by atoms with Crippen LogP contribution in [0.1, 0.15) is 28.1 Å². The molecule has 166 valence electrons. The Morgan fingerprint density at radius 3 is 2.58 bits per heavy atom. The van der Waals surface area contributed by atoms with Crippen molar-refractivity contribution >= 4 is 33.4 Å². The van der Waals surface area contributed by atoms with Crippen molar-refractivity contribution in [2.45, 2.75) is 36.2 Å². The molecule has 2 aromatic rings. The molecule has 0 spiro atoms. The normalized spacial score (nSPS) is 20.6. The first-order valence-electron chi connectivity index (χ1n) is 10.1. The first-order valence-corrected chi connectivity index (χ1v) is 12.4. The standard InChI is InChI=1S/C21H24N2O6S2/c1-28-20(24)19-18(9-12-30-19)31(26,27)22-10-7-16(8-11-22)23-17(14-29-21(23)25)13-15-5-3-2-4-6-15/h2-6,9,12,16-17H,7-8,10-11,13-14H2,1H3. The number of rotatable bonds is 6. The van der Waals surface area contributed by atoms with E-state index in [0.717, 1.165) is 16.9 Å². The Morgan fingerprint density at radius 1 is 1.19 bits per heavy atom. The summed E-state index contributed by atoms with van der Waals surface area (Å²) in [6.07, 6.45) is 1.38. The van der Waals surface area contributed by atoms with Gasteiger partial charge >= 0.3 is 12.1 Å². The monoisotopic (exact) mass is 464 g/mol. The Morgan fingerprint density at radius 2 is 1.90 bits per heavy atom. The predicted octanol–water partition coefficient (Wildman–Crippen LogP) is 2.75. The second-order valence-corrected chi connectivity index (χ2v) is 10.4. The molecule has 1 aromatic carbocycles. The number of amides is 1. The van der Waals surface area contributed by atoms with Crippen molar-refractivity contribution in [2.24, 2.45) is 0 Å². The fraction of sp³-hybridized carbons (Fsp3) is 0.429. The van der Waals surface area contributed by atoms with E-state index in [1.165, 1.54) is 17.5 Å². The summed E-state index contributed by atoms with van der Waals surface area (Å²) < 4.78 is 37.6. The minimum atomic E-state index is -3.82. The highest BCUT2D eigenvalue weighted by atomic mass is 32.2. The Hall–Kier alpha value is -2.43. The number of hydrogen-bond acceptors (Lipinski definition) is 7. The van der Waals surface area contributed by atoms with Crippen LogP contribution < -0.4 is 0 Å². The van der Waals surface area contributed by atoms with E-state index >= 15 is 0 Å². The number of sulfonamides is 1. The molecule has 0 bridgehead atoms. The van der Waals surface area contributed by atoms with Crippen LogP contribution in [-0.4, -0.2) is 68.6 Å². The molecule has 0 saturated carbocycles. The highest BCUT2D eigenvalue weighted by Crippen LogP contribution is 2.31. The van der Waals surface area contributed by atoms with Gasteiger partial charge in [0.2, 0.25) is 10.0 Å². The van der Waals surface area contributed by atoms with Crippen LogP contribution in [0.3, 0.4) is 0 Å². The van der Waals surface area contributed by atoms with Crippen molar-refractivity contribution in [2.75, 3.05) is 26.8 Å². The zero-order chi connectivity index (χ0) is 22.0. The molecule has 1 atom stereocenters. The highest BCUT2D eigenvalue weighted by Gasteiger charge is 2.41. The lowest BCUT2D eigenvalue weighted by Crippen LogP contribution is -2.50. The maximum absolute atomic E-state index is 13.1.